The maximum absolute atomic E-state index is 13.4. The van der Waals surface area contributed by atoms with Crippen molar-refractivity contribution < 1.29 is 18.4 Å². The van der Waals surface area contributed by atoms with Crippen LogP contribution in [0.3, 0.4) is 0 Å². The van der Waals surface area contributed by atoms with Gasteiger partial charge in [0.2, 0.25) is 0 Å². The number of rotatable bonds is 7. The number of amides is 2. The van der Waals surface area contributed by atoms with Gasteiger partial charge in [0.05, 0.1) is 22.2 Å². The largest absolute Gasteiger partial charge is 0.460 e. The first-order valence-electron chi connectivity index (χ1n) is 12.5. The van der Waals surface area contributed by atoms with Gasteiger partial charge in [-0.05, 0) is 66.9 Å². The van der Waals surface area contributed by atoms with E-state index in [1.807, 2.05) is 50.2 Å². The van der Waals surface area contributed by atoms with Crippen LogP contribution >= 0.6 is 0 Å². The highest BCUT2D eigenvalue weighted by Crippen LogP contribution is 2.38. The van der Waals surface area contributed by atoms with Crippen molar-refractivity contribution in [2.24, 2.45) is 5.73 Å². The molecule has 0 saturated heterocycles. The molecular weight excluding hydrogens is 493 g/mol. The number of nitrogens with one attached hydrogen (secondary N) is 1. The Bertz CT molecular complexity index is 1690. The third-order valence-electron chi connectivity index (χ3n) is 6.85. The summed E-state index contributed by atoms with van der Waals surface area (Å²) in [4.78, 5) is 25.7. The van der Waals surface area contributed by atoms with Gasteiger partial charge in [-0.15, -0.1) is 0 Å². The van der Waals surface area contributed by atoms with E-state index >= 15 is 0 Å². The molecule has 5 rings (SSSR count). The van der Waals surface area contributed by atoms with Crippen LogP contribution in [0.4, 0.5) is 10.1 Å². The first-order valence-corrected chi connectivity index (χ1v) is 12.5. The molecule has 196 valence electrons. The summed E-state index contributed by atoms with van der Waals surface area (Å²) in [7, 11) is 0. The van der Waals surface area contributed by atoms with Gasteiger partial charge in [0.15, 0.2) is 0 Å². The Kier molecular flexibility index (Phi) is 6.66. The standard InChI is InChI=1S/C32H28FN3O3/c1-32(2,22-9-4-3-5-10-22)36-31(38)21-8-6-7-20(18-21)24-15-16-25-27(29(24)34)28(30(35)37)26(39-25)17-19-11-13-23(33)14-12-19/h3-16,18H,17,34H2,1-2H3,(H2,35,37)(H,36,38). The molecule has 0 bridgehead atoms. The number of fused-ring (bicyclic) bond motifs is 1. The van der Waals surface area contributed by atoms with Crippen LogP contribution < -0.4 is 16.8 Å². The summed E-state index contributed by atoms with van der Waals surface area (Å²) in [6.07, 6.45) is 0.245. The van der Waals surface area contributed by atoms with Crippen LogP contribution in [0.15, 0.2) is 95.4 Å². The monoisotopic (exact) mass is 521 g/mol. The topological polar surface area (TPSA) is 111 Å². The fourth-order valence-corrected chi connectivity index (χ4v) is 4.80. The van der Waals surface area contributed by atoms with Crippen LogP contribution in [0.2, 0.25) is 0 Å². The van der Waals surface area contributed by atoms with E-state index in [1.54, 1.807) is 42.5 Å². The molecule has 4 aromatic carbocycles. The van der Waals surface area contributed by atoms with Crippen LogP contribution in [0.1, 0.15) is 51.5 Å². The minimum atomic E-state index is -0.675. The highest BCUT2D eigenvalue weighted by Gasteiger charge is 2.25. The van der Waals surface area contributed by atoms with Crippen LogP contribution in [-0.2, 0) is 12.0 Å². The minimum absolute atomic E-state index is 0.187. The maximum Gasteiger partial charge on any atom is 0.252 e. The zero-order valence-electron chi connectivity index (χ0n) is 21.6. The van der Waals surface area contributed by atoms with E-state index in [2.05, 4.69) is 5.32 Å². The van der Waals surface area contributed by atoms with Crippen molar-refractivity contribution >= 4 is 28.5 Å². The van der Waals surface area contributed by atoms with E-state index in [0.717, 1.165) is 11.1 Å². The first-order chi connectivity index (χ1) is 18.6. The fraction of sp³-hybridized carbons (Fsp3) is 0.125. The Morgan fingerprint density at radius 1 is 0.923 bits per heavy atom. The highest BCUT2D eigenvalue weighted by molar-refractivity contribution is 6.13. The molecule has 0 fully saturated rings. The molecule has 7 heteroatoms. The van der Waals surface area contributed by atoms with Gasteiger partial charge in [0, 0.05) is 17.5 Å². The quantitative estimate of drug-likeness (QED) is 0.222. The summed E-state index contributed by atoms with van der Waals surface area (Å²) in [5, 5.41) is 3.51. The molecule has 1 aromatic heterocycles. The van der Waals surface area contributed by atoms with Gasteiger partial charge < -0.3 is 21.2 Å². The lowest BCUT2D eigenvalue weighted by atomic mass is 9.93. The Labute approximate surface area is 225 Å². The number of carbonyl (C=O) groups excluding carboxylic acids is 2. The van der Waals surface area contributed by atoms with Crippen molar-refractivity contribution in [3.8, 4) is 11.1 Å². The molecule has 0 aliphatic rings. The number of carbonyl (C=O) groups is 2. The summed E-state index contributed by atoms with van der Waals surface area (Å²) in [6.45, 7) is 3.90. The molecule has 0 spiro atoms. The Morgan fingerprint density at radius 3 is 2.33 bits per heavy atom. The number of benzene rings is 4. The van der Waals surface area contributed by atoms with Crippen molar-refractivity contribution in [2.75, 3.05) is 5.73 Å². The van der Waals surface area contributed by atoms with E-state index in [0.29, 0.717) is 39.1 Å². The first kappa shape index (κ1) is 25.7. The predicted molar refractivity (Wildman–Crippen MR) is 151 cm³/mol. The second-order valence-corrected chi connectivity index (χ2v) is 9.99. The molecular formula is C32H28FN3O3. The zero-order chi connectivity index (χ0) is 27.7. The Balaban J connectivity index is 1.50. The average Bonchev–Trinajstić information content (AvgIpc) is 3.30. The summed E-state index contributed by atoms with van der Waals surface area (Å²) in [5.41, 5.74) is 16.3. The molecule has 0 aliphatic heterocycles. The Morgan fingerprint density at radius 2 is 1.64 bits per heavy atom. The third kappa shape index (κ3) is 5.11. The Hall–Kier alpha value is -4.91. The maximum atomic E-state index is 13.4. The van der Waals surface area contributed by atoms with Crippen LogP contribution in [-0.4, -0.2) is 11.8 Å². The lowest BCUT2D eigenvalue weighted by Crippen LogP contribution is -2.40. The molecule has 1 heterocycles. The van der Waals surface area contributed by atoms with Gasteiger partial charge in [-0.2, -0.15) is 0 Å². The van der Waals surface area contributed by atoms with Crippen molar-refractivity contribution in [3.63, 3.8) is 0 Å². The second-order valence-electron chi connectivity index (χ2n) is 9.99. The fourth-order valence-electron chi connectivity index (χ4n) is 4.80. The van der Waals surface area contributed by atoms with Crippen LogP contribution in [0.5, 0.6) is 0 Å². The highest BCUT2D eigenvalue weighted by atomic mass is 19.1. The van der Waals surface area contributed by atoms with E-state index in [9.17, 15) is 14.0 Å². The molecule has 0 radical (unpaired) electrons. The lowest BCUT2D eigenvalue weighted by molar-refractivity contribution is 0.0911. The zero-order valence-corrected chi connectivity index (χ0v) is 21.6. The minimum Gasteiger partial charge on any atom is -0.460 e. The third-order valence-corrected chi connectivity index (χ3v) is 6.85. The molecule has 0 aliphatic carbocycles. The molecule has 5 aromatic rings. The molecule has 6 nitrogen and oxygen atoms in total. The summed E-state index contributed by atoms with van der Waals surface area (Å²) in [5.74, 6) is -0.907. The number of anilines is 1. The number of furan rings is 1. The van der Waals surface area contributed by atoms with Gasteiger partial charge in [-0.25, -0.2) is 4.39 Å². The number of hydrogen-bond acceptors (Lipinski definition) is 4. The summed E-state index contributed by atoms with van der Waals surface area (Å²) in [6, 6.07) is 26.3. The molecule has 0 atom stereocenters. The average molecular weight is 522 g/mol. The van der Waals surface area contributed by atoms with Crippen LogP contribution in [0.25, 0.3) is 22.1 Å². The SMILES string of the molecule is CC(C)(NC(=O)c1cccc(-c2ccc3oc(Cc4ccc(F)cc4)c(C(N)=O)c3c2N)c1)c1ccccc1. The molecule has 5 N–H and O–H groups in total. The molecule has 39 heavy (non-hydrogen) atoms. The smallest absolute Gasteiger partial charge is 0.252 e. The lowest BCUT2D eigenvalue weighted by Gasteiger charge is -2.27. The number of nitrogens with two attached hydrogens (primary N) is 2. The second kappa shape index (κ2) is 10.1. The molecule has 0 saturated carbocycles. The van der Waals surface area contributed by atoms with Gasteiger partial charge in [0.1, 0.15) is 17.2 Å². The van der Waals surface area contributed by atoms with Gasteiger partial charge in [-0.1, -0.05) is 54.6 Å². The van der Waals surface area contributed by atoms with E-state index in [1.165, 1.54) is 12.1 Å². The van der Waals surface area contributed by atoms with Gasteiger partial charge >= 0.3 is 0 Å². The normalized spacial score (nSPS) is 11.5. The van der Waals surface area contributed by atoms with E-state index in [4.69, 9.17) is 15.9 Å². The number of halogens is 1. The van der Waals surface area contributed by atoms with E-state index < -0.39 is 11.4 Å². The van der Waals surface area contributed by atoms with Gasteiger partial charge in [-0.3, -0.25) is 9.59 Å². The molecule has 2 amide bonds. The number of hydrogen-bond donors (Lipinski definition) is 3. The predicted octanol–water partition coefficient (Wildman–Crippen LogP) is 6.18. The summed E-state index contributed by atoms with van der Waals surface area (Å²) >= 11 is 0. The number of nitrogen functional groups attached to an aromatic ring is 1. The molecule has 0 unspecified atom stereocenters. The van der Waals surface area contributed by atoms with E-state index in [-0.39, 0.29) is 23.7 Å². The summed E-state index contributed by atoms with van der Waals surface area (Å²) < 4.78 is 19.3. The van der Waals surface area contributed by atoms with Gasteiger partial charge in [0.25, 0.3) is 11.8 Å². The van der Waals surface area contributed by atoms with Crippen molar-refractivity contribution in [1.29, 1.82) is 0 Å². The van der Waals surface area contributed by atoms with Crippen molar-refractivity contribution in [2.45, 2.75) is 25.8 Å². The number of primary amides is 1. The van der Waals surface area contributed by atoms with Crippen LogP contribution in [0, 0.1) is 5.82 Å². The van der Waals surface area contributed by atoms with Crippen molar-refractivity contribution in [3.05, 3.63) is 125 Å². The van der Waals surface area contributed by atoms with Crippen molar-refractivity contribution in [1.82, 2.24) is 5.32 Å².